The van der Waals surface area contributed by atoms with Crippen molar-refractivity contribution in [3.8, 4) is 0 Å². The molecule has 0 amide bonds. The summed E-state index contributed by atoms with van der Waals surface area (Å²) in [6.07, 6.45) is 0. The minimum Gasteiger partial charge on any atom is -0.258 e. The third-order valence-electron chi connectivity index (χ3n) is 1.40. The number of halogens is 3. The van der Waals surface area contributed by atoms with Gasteiger partial charge in [0.2, 0.25) is 0 Å². The number of rotatable bonds is 2. The fourth-order valence-electron chi connectivity index (χ4n) is 0.784. The van der Waals surface area contributed by atoms with Gasteiger partial charge < -0.3 is 0 Å². The predicted octanol–water partition coefficient (Wildman–Crippen LogP) is 2.60. The molecule has 0 aliphatic heterocycles. The molecular formula is C6H4Cl3NO4S. The quantitative estimate of drug-likeness (QED) is 0.477. The fraction of sp³-hybridized carbons (Fsp3) is 0. The zero-order valence-electron chi connectivity index (χ0n) is 6.88. The second-order valence-electron chi connectivity index (χ2n) is 2.31. The Morgan fingerprint density at radius 3 is 2.27 bits per heavy atom. The summed E-state index contributed by atoms with van der Waals surface area (Å²) in [6.45, 7) is 0. The van der Waals surface area contributed by atoms with Crippen LogP contribution in [0.4, 0.5) is 5.69 Å². The van der Waals surface area contributed by atoms with Crippen LogP contribution in [0.3, 0.4) is 0 Å². The standard InChI is InChI=1S/C6H3Cl2NO4S.ClH/c7-5-2-1-4(14(8,12)13)3-6(5)9(10)11;/h1-3H;1H. The number of nitro benzene ring substituents is 1. The first-order chi connectivity index (χ1) is 6.32. The highest BCUT2D eigenvalue weighted by Crippen LogP contribution is 2.28. The Labute approximate surface area is 101 Å². The van der Waals surface area contributed by atoms with Crippen LogP contribution in [0.1, 0.15) is 0 Å². The van der Waals surface area contributed by atoms with Crippen LogP contribution in [0.25, 0.3) is 0 Å². The minimum absolute atomic E-state index is 0. The van der Waals surface area contributed by atoms with E-state index in [2.05, 4.69) is 0 Å². The molecule has 1 aromatic carbocycles. The Bertz CT molecular complexity index is 487. The van der Waals surface area contributed by atoms with Crippen molar-refractivity contribution in [3.05, 3.63) is 33.3 Å². The molecule has 0 saturated heterocycles. The molecule has 0 saturated carbocycles. The van der Waals surface area contributed by atoms with Crippen molar-refractivity contribution in [1.29, 1.82) is 0 Å². The van der Waals surface area contributed by atoms with Crippen LogP contribution in [0.2, 0.25) is 5.02 Å². The predicted molar refractivity (Wildman–Crippen MR) is 58.4 cm³/mol. The monoisotopic (exact) mass is 291 g/mol. The number of hydrogen-bond acceptors (Lipinski definition) is 4. The topological polar surface area (TPSA) is 77.3 Å². The van der Waals surface area contributed by atoms with Gasteiger partial charge in [-0.05, 0) is 12.1 Å². The van der Waals surface area contributed by atoms with Crippen LogP contribution in [0, 0.1) is 10.1 Å². The van der Waals surface area contributed by atoms with E-state index in [1.54, 1.807) is 0 Å². The Hall–Kier alpha value is -0.560. The van der Waals surface area contributed by atoms with E-state index < -0.39 is 19.7 Å². The van der Waals surface area contributed by atoms with Crippen molar-refractivity contribution < 1.29 is 13.3 Å². The van der Waals surface area contributed by atoms with Crippen molar-refractivity contribution in [2.75, 3.05) is 0 Å². The largest absolute Gasteiger partial charge is 0.289 e. The molecule has 0 atom stereocenters. The fourth-order valence-corrected chi connectivity index (χ4v) is 1.74. The van der Waals surface area contributed by atoms with Crippen molar-refractivity contribution in [2.45, 2.75) is 4.90 Å². The molecule has 0 N–H and O–H groups in total. The lowest BCUT2D eigenvalue weighted by Gasteiger charge is -1.97. The van der Waals surface area contributed by atoms with Crippen LogP contribution in [-0.4, -0.2) is 13.3 Å². The Morgan fingerprint density at radius 2 is 1.87 bits per heavy atom. The van der Waals surface area contributed by atoms with Gasteiger partial charge in [-0.25, -0.2) is 8.42 Å². The van der Waals surface area contributed by atoms with E-state index >= 15 is 0 Å². The van der Waals surface area contributed by atoms with Gasteiger partial charge in [0.25, 0.3) is 14.7 Å². The smallest absolute Gasteiger partial charge is 0.258 e. The molecule has 0 fully saturated rings. The Kier molecular flexibility index (Phi) is 4.79. The van der Waals surface area contributed by atoms with E-state index in [1.165, 1.54) is 0 Å². The third kappa shape index (κ3) is 3.49. The van der Waals surface area contributed by atoms with E-state index in [4.69, 9.17) is 22.3 Å². The second kappa shape index (κ2) is 4.98. The zero-order chi connectivity index (χ0) is 10.9. The molecule has 0 radical (unpaired) electrons. The maximum atomic E-state index is 10.8. The normalized spacial score (nSPS) is 10.5. The summed E-state index contributed by atoms with van der Waals surface area (Å²) in [7, 11) is 1.03. The third-order valence-corrected chi connectivity index (χ3v) is 3.07. The number of hydrogen-bond donors (Lipinski definition) is 0. The molecule has 0 aliphatic carbocycles. The van der Waals surface area contributed by atoms with Gasteiger partial charge in [0, 0.05) is 16.7 Å². The molecule has 9 heteroatoms. The second-order valence-corrected chi connectivity index (χ2v) is 5.28. The average Bonchev–Trinajstić information content (AvgIpc) is 2.02. The minimum atomic E-state index is -3.97. The van der Waals surface area contributed by atoms with Gasteiger partial charge in [-0.1, -0.05) is 11.6 Å². The highest BCUT2D eigenvalue weighted by atomic mass is 35.7. The summed E-state index contributed by atoms with van der Waals surface area (Å²) >= 11 is 5.46. The Balaban J connectivity index is 0.00000196. The SMILES string of the molecule is Cl.O=[N+]([O-])c1cc(S(=O)(=O)Cl)ccc1Cl. The van der Waals surface area contributed by atoms with Crippen LogP contribution in [-0.2, 0) is 9.05 Å². The zero-order valence-corrected chi connectivity index (χ0v) is 10.0. The number of nitrogens with zero attached hydrogens (tertiary/aromatic N) is 1. The van der Waals surface area contributed by atoms with Crippen LogP contribution in [0.15, 0.2) is 23.1 Å². The van der Waals surface area contributed by atoms with Gasteiger partial charge in [-0.15, -0.1) is 12.4 Å². The summed E-state index contributed by atoms with van der Waals surface area (Å²) < 4.78 is 21.6. The van der Waals surface area contributed by atoms with Gasteiger partial charge in [0.15, 0.2) is 0 Å². The van der Waals surface area contributed by atoms with Crippen molar-refractivity contribution >= 4 is 49.4 Å². The molecule has 0 bridgehead atoms. The number of benzene rings is 1. The highest BCUT2D eigenvalue weighted by molar-refractivity contribution is 8.13. The van der Waals surface area contributed by atoms with Crippen molar-refractivity contribution in [1.82, 2.24) is 0 Å². The van der Waals surface area contributed by atoms with Gasteiger partial charge >= 0.3 is 0 Å². The molecule has 1 aromatic rings. The van der Waals surface area contributed by atoms with Crippen LogP contribution >= 0.6 is 34.7 Å². The molecule has 0 spiro atoms. The lowest BCUT2D eigenvalue weighted by atomic mass is 10.3. The summed E-state index contributed by atoms with van der Waals surface area (Å²) in [5.74, 6) is 0. The van der Waals surface area contributed by atoms with Crippen LogP contribution < -0.4 is 0 Å². The molecule has 0 aromatic heterocycles. The van der Waals surface area contributed by atoms with Crippen molar-refractivity contribution in [3.63, 3.8) is 0 Å². The van der Waals surface area contributed by atoms with Gasteiger partial charge in [0.05, 0.1) is 9.82 Å². The highest BCUT2D eigenvalue weighted by Gasteiger charge is 2.18. The molecule has 15 heavy (non-hydrogen) atoms. The number of nitro groups is 1. The molecule has 84 valence electrons. The van der Waals surface area contributed by atoms with Gasteiger partial charge in [-0.3, -0.25) is 10.1 Å². The molecule has 0 unspecified atom stereocenters. The van der Waals surface area contributed by atoms with E-state index in [0.29, 0.717) is 0 Å². The summed E-state index contributed by atoms with van der Waals surface area (Å²) in [5.41, 5.74) is -0.492. The molecular weight excluding hydrogens is 288 g/mol. The van der Waals surface area contributed by atoms with Gasteiger partial charge in [-0.2, -0.15) is 0 Å². The summed E-state index contributed by atoms with van der Waals surface area (Å²) in [6, 6.07) is 3.01. The average molecular weight is 293 g/mol. The van der Waals surface area contributed by atoms with E-state index in [0.717, 1.165) is 18.2 Å². The maximum Gasteiger partial charge on any atom is 0.289 e. The van der Waals surface area contributed by atoms with Crippen molar-refractivity contribution in [2.24, 2.45) is 0 Å². The lowest BCUT2D eigenvalue weighted by Crippen LogP contribution is -1.94. The van der Waals surface area contributed by atoms with E-state index in [-0.39, 0.29) is 22.3 Å². The molecule has 5 nitrogen and oxygen atoms in total. The Morgan fingerprint density at radius 1 is 1.33 bits per heavy atom. The van der Waals surface area contributed by atoms with Crippen LogP contribution in [0.5, 0.6) is 0 Å². The summed E-state index contributed by atoms with van der Waals surface area (Å²) in [5, 5.41) is 10.2. The first kappa shape index (κ1) is 14.4. The molecule has 0 heterocycles. The molecule has 1 rings (SSSR count). The lowest BCUT2D eigenvalue weighted by molar-refractivity contribution is -0.384. The molecule has 0 aliphatic rings. The van der Waals surface area contributed by atoms with E-state index in [1.807, 2.05) is 0 Å². The summed E-state index contributed by atoms with van der Waals surface area (Å²) in [4.78, 5) is 9.25. The first-order valence-corrected chi connectivity index (χ1v) is 5.89. The first-order valence-electron chi connectivity index (χ1n) is 3.21. The van der Waals surface area contributed by atoms with E-state index in [9.17, 15) is 18.5 Å². The van der Waals surface area contributed by atoms with Gasteiger partial charge in [0.1, 0.15) is 5.02 Å². The maximum absolute atomic E-state index is 10.8.